The molecule has 1 amide bonds. The molecule has 2 aromatic rings. The van der Waals surface area contributed by atoms with Gasteiger partial charge >= 0.3 is 0 Å². The number of allylic oxidation sites excluding steroid dienone is 3. The van der Waals surface area contributed by atoms with E-state index < -0.39 is 17.5 Å². The van der Waals surface area contributed by atoms with Gasteiger partial charge in [0.25, 0.3) is 5.91 Å². The summed E-state index contributed by atoms with van der Waals surface area (Å²) in [6.07, 6.45) is 6.04. The molecular formula is C22H21ClF2N2O3S. The van der Waals surface area contributed by atoms with Gasteiger partial charge in [-0.15, -0.1) is 0 Å². The minimum Gasteiger partial charge on any atom is -0.505 e. The summed E-state index contributed by atoms with van der Waals surface area (Å²) >= 11 is 6.91. The van der Waals surface area contributed by atoms with Crippen LogP contribution in [0.1, 0.15) is 29.3 Å². The summed E-state index contributed by atoms with van der Waals surface area (Å²) in [5.74, 6) is -2.16. The molecule has 1 aliphatic rings. The Morgan fingerprint density at radius 1 is 1.26 bits per heavy atom. The minimum absolute atomic E-state index is 0.00980. The van der Waals surface area contributed by atoms with Crippen molar-refractivity contribution in [2.24, 2.45) is 0 Å². The van der Waals surface area contributed by atoms with Crippen LogP contribution < -0.4 is 10.0 Å². The maximum atomic E-state index is 14.6. The summed E-state index contributed by atoms with van der Waals surface area (Å²) in [5, 5.41) is 12.9. The summed E-state index contributed by atoms with van der Waals surface area (Å²) < 4.78 is 37.3. The summed E-state index contributed by atoms with van der Waals surface area (Å²) in [4.78, 5) is 12.6. The number of nitrogens with one attached hydrogen (secondary N) is 2. The van der Waals surface area contributed by atoms with Gasteiger partial charge in [0.05, 0.1) is 28.8 Å². The average molecular weight is 467 g/mol. The lowest BCUT2D eigenvalue weighted by Gasteiger charge is -2.14. The number of carbonyl (C=O) groups excluding carboxylic acids is 1. The number of hydrogen-bond acceptors (Lipinski definition) is 5. The van der Waals surface area contributed by atoms with Gasteiger partial charge in [0.2, 0.25) is 0 Å². The number of hydrogen-bond donors (Lipinski definition) is 3. The maximum Gasteiger partial charge on any atom is 0.251 e. The Hall–Kier alpha value is -2.55. The average Bonchev–Trinajstić information content (AvgIpc) is 2.74. The molecule has 0 fully saturated rings. The molecule has 0 unspecified atom stereocenters. The van der Waals surface area contributed by atoms with E-state index in [9.17, 15) is 18.7 Å². The SMILES string of the molecule is CC/C=C\C1=C/COCCNC(=O)c2cc(Cl)c(O)c(c2)SNc2cc1c(F)cc2F. The fourth-order valence-electron chi connectivity index (χ4n) is 2.82. The zero-order valence-corrected chi connectivity index (χ0v) is 18.2. The lowest BCUT2D eigenvalue weighted by molar-refractivity contribution is 0.0928. The zero-order chi connectivity index (χ0) is 22.4. The molecule has 0 aliphatic carbocycles. The fourth-order valence-corrected chi connectivity index (χ4v) is 3.87. The molecule has 9 heteroatoms. The maximum absolute atomic E-state index is 14.6. The molecule has 0 saturated carbocycles. The molecule has 0 aromatic heterocycles. The normalized spacial score (nSPS) is 17.0. The van der Waals surface area contributed by atoms with Crippen LogP contribution in [0.3, 0.4) is 0 Å². The minimum atomic E-state index is -0.801. The monoisotopic (exact) mass is 466 g/mol. The third kappa shape index (κ3) is 5.78. The quantitative estimate of drug-likeness (QED) is 0.506. The topological polar surface area (TPSA) is 70.6 Å². The van der Waals surface area contributed by atoms with Crippen LogP contribution in [0.15, 0.2) is 47.4 Å². The molecule has 0 radical (unpaired) electrons. The van der Waals surface area contributed by atoms with Crippen molar-refractivity contribution in [2.75, 3.05) is 24.5 Å². The first-order valence-electron chi connectivity index (χ1n) is 9.58. The predicted octanol–water partition coefficient (Wildman–Crippen LogP) is 5.55. The number of phenols is 1. The second-order valence-electron chi connectivity index (χ2n) is 6.62. The lowest BCUT2D eigenvalue weighted by atomic mass is 10.0. The molecule has 1 aliphatic heterocycles. The molecule has 4 bridgehead atoms. The van der Waals surface area contributed by atoms with E-state index in [1.807, 2.05) is 13.0 Å². The van der Waals surface area contributed by atoms with Gasteiger partial charge in [0.15, 0.2) is 0 Å². The van der Waals surface area contributed by atoms with Crippen LogP contribution in [0.25, 0.3) is 5.57 Å². The van der Waals surface area contributed by atoms with Gasteiger partial charge in [-0.2, -0.15) is 0 Å². The molecule has 0 saturated heterocycles. The van der Waals surface area contributed by atoms with Crippen LogP contribution in [0, 0.1) is 11.6 Å². The smallest absolute Gasteiger partial charge is 0.251 e. The van der Waals surface area contributed by atoms with Crippen LogP contribution in [-0.2, 0) is 4.74 Å². The summed E-state index contributed by atoms with van der Waals surface area (Å²) in [6.45, 7) is 2.62. The first-order valence-corrected chi connectivity index (χ1v) is 10.8. The molecule has 31 heavy (non-hydrogen) atoms. The van der Waals surface area contributed by atoms with Crippen molar-refractivity contribution < 1.29 is 23.4 Å². The highest BCUT2D eigenvalue weighted by Crippen LogP contribution is 2.37. The van der Waals surface area contributed by atoms with E-state index in [-0.39, 0.29) is 52.2 Å². The van der Waals surface area contributed by atoms with Gasteiger partial charge < -0.3 is 19.9 Å². The number of anilines is 1. The van der Waals surface area contributed by atoms with E-state index in [2.05, 4.69) is 10.0 Å². The van der Waals surface area contributed by atoms with E-state index in [1.54, 1.807) is 12.2 Å². The van der Waals surface area contributed by atoms with Gasteiger partial charge in [-0.1, -0.05) is 36.8 Å². The first-order chi connectivity index (χ1) is 14.9. The van der Waals surface area contributed by atoms with Crippen molar-refractivity contribution >= 4 is 40.7 Å². The zero-order valence-electron chi connectivity index (χ0n) is 16.7. The Morgan fingerprint density at radius 3 is 2.84 bits per heavy atom. The fraction of sp³-hybridized carbons (Fsp3) is 0.227. The van der Waals surface area contributed by atoms with Crippen LogP contribution in [-0.4, -0.2) is 30.8 Å². The van der Waals surface area contributed by atoms with Crippen molar-refractivity contribution in [1.29, 1.82) is 0 Å². The first kappa shape index (κ1) is 23.1. The Kier molecular flexibility index (Phi) is 7.95. The Bertz CT molecular complexity index is 1040. The molecule has 2 aromatic carbocycles. The Morgan fingerprint density at radius 2 is 2.06 bits per heavy atom. The number of benzene rings is 2. The third-order valence-corrected chi connectivity index (χ3v) is 5.56. The number of amides is 1. The molecule has 0 atom stereocenters. The summed E-state index contributed by atoms with van der Waals surface area (Å²) in [5.41, 5.74) is 0.979. The van der Waals surface area contributed by atoms with E-state index in [4.69, 9.17) is 16.3 Å². The van der Waals surface area contributed by atoms with E-state index >= 15 is 0 Å². The van der Waals surface area contributed by atoms with Crippen LogP contribution in [0.5, 0.6) is 5.75 Å². The second-order valence-corrected chi connectivity index (χ2v) is 7.88. The number of phenolic OH excluding ortho intramolecular Hbond substituents is 1. The summed E-state index contributed by atoms with van der Waals surface area (Å²) in [6, 6.07) is 4.92. The number of carbonyl (C=O) groups is 1. The van der Waals surface area contributed by atoms with Crippen LogP contribution in [0.2, 0.25) is 5.02 Å². The van der Waals surface area contributed by atoms with Crippen molar-refractivity contribution in [3.8, 4) is 5.75 Å². The highest BCUT2D eigenvalue weighted by molar-refractivity contribution is 8.00. The van der Waals surface area contributed by atoms with E-state index in [0.717, 1.165) is 24.4 Å². The second kappa shape index (κ2) is 10.7. The lowest BCUT2D eigenvalue weighted by Crippen LogP contribution is -2.27. The van der Waals surface area contributed by atoms with Crippen LogP contribution in [0.4, 0.5) is 14.5 Å². The molecule has 3 N–H and O–H groups in total. The van der Waals surface area contributed by atoms with Gasteiger partial charge in [-0.05, 0) is 42.1 Å². The number of rotatable bonds is 2. The standard InChI is InChI=1S/C22H21ClF2N2O3S/c1-2-3-4-13-5-7-30-8-6-26-22(29)14-9-16(23)21(28)20(10-14)31-27-19-11-15(13)17(24)12-18(19)25/h3-5,9-12,27-28H,2,6-8H2,1H3,(H,26,29)/b4-3-,13-5+. The predicted molar refractivity (Wildman–Crippen MR) is 120 cm³/mol. The highest BCUT2D eigenvalue weighted by atomic mass is 35.5. The van der Waals surface area contributed by atoms with E-state index in [1.165, 1.54) is 18.2 Å². The molecule has 3 rings (SSSR count). The summed E-state index contributed by atoms with van der Waals surface area (Å²) in [7, 11) is 0. The van der Waals surface area contributed by atoms with Gasteiger partial charge in [0.1, 0.15) is 17.4 Å². The third-order valence-electron chi connectivity index (χ3n) is 4.42. The largest absolute Gasteiger partial charge is 0.505 e. The van der Waals surface area contributed by atoms with Crippen molar-refractivity contribution in [3.05, 3.63) is 70.3 Å². The Balaban J connectivity index is 2.05. The van der Waals surface area contributed by atoms with Gasteiger partial charge in [0, 0.05) is 23.7 Å². The molecule has 164 valence electrons. The highest BCUT2D eigenvalue weighted by Gasteiger charge is 2.17. The van der Waals surface area contributed by atoms with Crippen LogP contribution >= 0.6 is 23.5 Å². The van der Waals surface area contributed by atoms with Crippen molar-refractivity contribution in [3.63, 3.8) is 0 Å². The van der Waals surface area contributed by atoms with E-state index in [0.29, 0.717) is 5.57 Å². The number of fused-ring (bicyclic) bond motifs is 4. The molecule has 0 spiro atoms. The Labute approximate surface area is 188 Å². The van der Waals surface area contributed by atoms with Crippen molar-refractivity contribution in [2.45, 2.75) is 18.2 Å². The molecular weight excluding hydrogens is 446 g/mol. The molecule has 5 nitrogen and oxygen atoms in total. The number of halogens is 3. The molecule has 1 heterocycles. The van der Waals surface area contributed by atoms with Crippen molar-refractivity contribution in [1.82, 2.24) is 5.32 Å². The number of aromatic hydroxyl groups is 1. The van der Waals surface area contributed by atoms with Gasteiger partial charge in [-0.3, -0.25) is 4.79 Å². The number of ether oxygens (including phenoxy) is 1. The van der Waals surface area contributed by atoms with Gasteiger partial charge in [-0.25, -0.2) is 8.78 Å².